The normalized spacial score (nSPS) is 15.2. The number of nitrogens with one attached hydrogen (secondary N) is 1. The summed E-state index contributed by atoms with van der Waals surface area (Å²) < 4.78 is 0. The van der Waals surface area contributed by atoms with Crippen molar-refractivity contribution < 1.29 is 14.7 Å². The standard InChI is InChI=1S/C26H24N4O3S/c1-30(2)14-16-3-7-19(8-4-16)28-25(22-12-18(15-34-22)6-10-23(31)32)24-20-9-5-17(13-27)11-21(20)29-26(24)33/h3-5,7-9,11-12,15,24H,6,10,14H2,1-2H3,(H,29,33)(H,31,32). The fourth-order valence-electron chi connectivity index (χ4n) is 3.94. The summed E-state index contributed by atoms with van der Waals surface area (Å²) in [7, 11) is 4.02. The third-order valence-electron chi connectivity index (χ3n) is 5.51. The molecule has 8 heteroatoms. The van der Waals surface area contributed by atoms with E-state index in [2.05, 4.69) is 16.3 Å². The van der Waals surface area contributed by atoms with Gasteiger partial charge in [0.05, 0.1) is 23.0 Å². The summed E-state index contributed by atoms with van der Waals surface area (Å²) in [6.07, 6.45) is 0.455. The van der Waals surface area contributed by atoms with Crippen LogP contribution in [0.5, 0.6) is 0 Å². The second-order valence-corrected chi connectivity index (χ2v) is 9.36. The lowest BCUT2D eigenvalue weighted by molar-refractivity contribution is -0.137. The number of hydrogen-bond acceptors (Lipinski definition) is 6. The fourth-order valence-corrected chi connectivity index (χ4v) is 4.91. The van der Waals surface area contributed by atoms with E-state index in [1.807, 2.05) is 49.8 Å². The van der Waals surface area contributed by atoms with Crippen molar-refractivity contribution in [1.29, 1.82) is 5.26 Å². The Labute approximate surface area is 202 Å². The van der Waals surface area contributed by atoms with E-state index in [1.54, 1.807) is 18.2 Å². The average Bonchev–Trinajstić information content (AvgIpc) is 3.40. The first kappa shape index (κ1) is 23.4. The molecule has 0 saturated carbocycles. The molecule has 1 aliphatic rings. The SMILES string of the molecule is CN(C)Cc1ccc(N=C(c2cc(CCC(=O)O)cs2)C2C(=O)Nc3cc(C#N)ccc32)cc1. The molecule has 1 atom stereocenters. The van der Waals surface area contributed by atoms with Gasteiger partial charge in [-0.1, -0.05) is 18.2 Å². The molecule has 1 unspecified atom stereocenters. The molecule has 0 aliphatic carbocycles. The zero-order valence-electron chi connectivity index (χ0n) is 18.9. The smallest absolute Gasteiger partial charge is 0.303 e. The predicted molar refractivity (Wildman–Crippen MR) is 133 cm³/mol. The summed E-state index contributed by atoms with van der Waals surface area (Å²) in [5.74, 6) is -1.68. The van der Waals surface area contributed by atoms with E-state index >= 15 is 0 Å². The summed E-state index contributed by atoms with van der Waals surface area (Å²) in [4.78, 5) is 31.9. The molecule has 2 aromatic carbocycles. The Morgan fingerprint density at radius 1 is 1.18 bits per heavy atom. The van der Waals surface area contributed by atoms with E-state index in [4.69, 9.17) is 10.1 Å². The Morgan fingerprint density at radius 3 is 2.62 bits per heavy atom. The number of carbonyl (C=O) groups is 2. The van der Waals surface area contributed by atoms with Gasteiger partial charge in [0.1, 0.15) is 5.92 Å². The predicted octanol–water partition coefficient (Wildman–Crippen LogP) is 4.56. The van der Waals surface area contributed by atoms with Gasteiger partial charge in [-0.15, -0.1) is 11.3 Å². The number of nitriles is 1. The van der Waals surface area contributed by atoms with Gasteiger partial charge in [-0.05, 0) is 72.9 Å². The van der Waals surface area contributed by atoms with Crippen LogP contribution in [0, 0.1) is 11.3 Å². The van der Waals surface area contributed by atoms with E-state index in [9.17, 15) is 14.9 Å². The molecule has 7 nitrogen and oxygen atoms in total. The minimum Gasteiger partial charge on any atom is -0.481 e. The molecule has 34 heavy (non-hydrogen) atoms. The number of amides is 1. The van der Waals surface area contributed by atoms with Crippen LogP contribution in [0.2, 0.25) is 0 Å². The van der Waals surface area contributed by atoms with Crippen LogP contribution in [0.1, 0.15) is 39.5 Å². The molecule has 0 bridgehead atoms. The van der Waals surface area contributed by atoms with Gasteiger partial charge in [0.15, 0.2) is 0 Å². The Morgan fingerprint density at radius 2 is 1.94 bits per heavy atom. The van der Waals surface area contributed by atoms with Gasteiger partial charge in [-0.25, -0.2) is 0 Å². The zero-order chi connectivity index (χ0) is 24.2. The number of carboxylic acids is 1. The van der Waals surface area contributed by atoms with E-state index < -0.39 is 11.9 Å². The number of fused-ring (bicyclic) bond motifs is 1. The molecule has 1 aromatic heterocycles. The quantitative estimate of drug-likeness (QED) is 0.468. The molecule has 2 N–H and O–H groups in total. The number of aliphatic carboxylic acids is 1. The first-order chi connectivity index (χ1) is 16.3. The van der Waals surface area contributed by atoms with Gasteiger partial charge in [0.2, 0.25) is 5.91 Å². The van der Waals surface area contributed by atoms with Crippen molar-refractivity contribution >= 4 is 40.3 Å². The first-order valence-corrected chi connectivity index (χ1v) is 11.7. The highest BCUT2D eigenvalue weighted by Crippen LogP contribution is 2.38. The summed E-state index contributed by atoms with van der Waals surface area (Å²) in [6, 6.07) is 17.1. The maximum atomic E-state index is 13.1. The van der Waals surface area contributed by atoms with Crippen molar-refractivity contribution in [2.45, 2.75) is 25.3 Å². The Bertz CT molecular complexity index is 1300. The van der Waals surface area contributed by atoms with Crippen LogP contribution in [-0.2, 0) is 22.6 Å². The van der Waals surface area contributed by atoms with E-state index in [-0.39, 0.29) is 12.3 Å². The number of thiophene rings is 1. The van der Waals surface area contributed by atoms with Gasteiger partial charge < -0.3 is 15.3 Å². The third-order valence-corrected chi connectivity index (χ3v) is 6.51. The van der Waals surface area contributed by atoms with Gasteiger partial charge in [-0.2, -0.15) is 5.26 Å². The molecule has 0 spiro atoms. The van der Waals surface area contributed by atoms with E-state index in [0.717, 1.165) is 33.8 Å². The lowest BCUT2D eigenvalue weighted by Crippen LogP contribution is -2.21. The third kappa shape index (κ3) is 5.22. The number of rotatable bonds is 8. The Hall–Kier alpha value is -3.80. The van der Waals surface area contributed by atoms with Gasteiger partial charge in [0, 0.05) is 23.5 Å². The number of carboxylic acid groups (broad SMARTS) is 1. The van der Waals surface area contributed by atoms with Crippen LogP contribution in [0.25, 0.3) is 0 Å². The monoisotopic (exact) mass is 472 g/mol. The summed E-state index contributed by atoms with van der Waals surface area (Å²) in [5, 5.41) is 23.0. The Balaban J connectivity index is 1.75. The van der Waals surface area contributed by atoms with Crippen molar-refractivity contribution in [2.24, 2.45) is 4.99 Å². The molecule has 1 amide bonds. The van der Waals surface area contributed by atoms with Crippen molar-refractivity contribution in [3.63, 3.8) is 0 Å². The maximum Gasteiger partial charge on any atom is 0.303 e. The molecule has 0 fully saturated rings. The summed E-state index contributed by atoms with van der Waals surface area (Å²) >= 11 is 1.45. The minimum absolute atomic E-state index is 0.0413. The molecular weight excluding hydrogens is 448 g/mol. The lowest BCUT2D eigenvalue weighted by atomic mass is 9.93. The Kier molecular flexibility index (Phi) is 6.87. The topological polar surface area (TPSA) is 106 Å². The highest BCUT2D eigenvalue weighted by molar-refractivity contribution is 7.12. The van der Waals surface area contributed by atoms with E-state index in [0.29, 0.717) is 23.4 Å². The van der Waals surface area contributed by atoms with Crippen LogP contribution in [0.4, 0.5) is 11.4 Å². The fraction of sp³-hybridized carbons (Fsp3) is 0.231. The number of anilines is 1. The van der Waals surface area contributed by atoms with Crippen molar-refractivity contribution in [3.8, 4) is 6.07 Å². The summed E-state index contributed by atoms with van der Waals surface area (Å²) in [5.41, 5.74) is 5.25. The second-order valence-electron chi connectivity index (χ2n) is 8.45. The highest BCUT2D eigenvalue weighted by atomic mass is 32.1. The van der Waals surface area contributed by atoms with Crippen LogP contribution >= 0.6 is 11.3 Å². The number of benzene rings is 2. The van der Waals surface area contributed by atoms with Crippen LogP contribution in [0.3, 0.4) is 0 Å². The molecule has 4 rings (SSSR count). The van der Waals surface area contributed by atoms with Crippen LogP contribution in [-0.4, -0.2) is 41.7 Å². The van der Waals surface area contributed by atoms with E-state index in [1.165, 1.54) is 11.3 Å². The number of nitrogens with zero attached hydrogens (tertiary/aromatic N) is 3. The van der Waals surface area contributed by atoms with Crippen LogP contribution in [0.15, 0.2) is 58.9 Å². The van der Waals surface area contributed by atoms with Gasteiger partial charge in [0.25, 0.3) is 0 Å². The number of aryl methyl sites for hydroxylation is 1. The molecule has 172 valence electrons. The number of aliphatic imine (C=N–C) groups is 1. The number of carbonyl (C=O) groups excluding carboxylic acids is 1. The van der Waals surface area contributed by atoms with Crippen LogP contribution < -0.4 is 5.32 Å². The van der Waals surface area contributed by atoms with Crippen molar-refractivity contribution in [2.75, 3.05) is 19.4 Å². The maximum absolute atomic E-state index is 13.1. The van der Waals surface area contributed by atoms with Gasteiger partial charge >= 0.3 is 5.97 Å². The van der Waals surface area contributed by atoms with Crippen molar-refractivity contribution in [3.05, 3.63) is 81.0 Å². The molecular formula is C26H24N4O3S. The summed E-state index contributed by atoms with van der Waals surface area (Å²) in [6.45, 7) is 0.814. The molecule has 0 radical (unpaired) electrons. The largest absolute Gasteiger partial charge is 0.481 e. The molecule has 1 aliphatic heterocycles. The first-order valence-electron chi connectivity index (χ1n) is 10.8. The second kappa shape index (κ2) is 10.00. The zero-order valence-corrected chi connectivity index (χ0v) is 19.7. The van der Waals surface area contributed by atoms with Crippen molar-refractivity contribution in [1.82, 2.24) is 4.90 Å². The molecule has 3 aromatic rings. The van der Waals surface area contributed by atoms with Gasteiger partial charge in [-0.3, -0.25) is 14.6 Å². The molecule has 2 heterocycles. The number of hydrogen-bond donors (Lipinski definition) is 2. The minimum atomic E-state index is -0.850. The lowest BCUT2D eigenvalue weighted by Gasteiger charge is -2.13. The average molecular weight is 473 g/mol. The highest BCUT2D eigenvalue weighted by Gasteiger charge is 2.36. The molecule has 0 saturated heterocycles.